The summed E-state index contributed by atoms with van der Waals surface area (Å²) in [4.78, 5) is 42.5. The second kappa shape index (κ2) is 13.2. The Morgan fingerprint density at radius 1 is 1.14 bits per heavy atom. The lowest BCUT2D eigenvalue weighted by atomic mass is 9.82. The standard InChI is InChI=1S/C30H31ClF3N3O6/c1-29(9-3-10-29)43-11-8-23(24(38)12-18-4-6-22(28(35)40)36-15-18)37-16-26(41-2)21(14-27(37)39)20-13-19(31)5-7-25(20)42-17-30(32,33)34/h4-7,13-16,23H,3,8-12,17H2,1-2H3,(H2,35,40). The first-order chi connectivity index (χ1) is 20.3. The summed E-state index contributed by atoms with van der Waals surface area (Å²) < 4.78 is 56.5. The van der Waals surface area contributed by atoms with Crippen LogP contribution in [0.15, 0.2) is 53.6 Å². The Hall–Kier alpha value is -3.90. The Morgan fingerprint density at radius 2 is 1.86 bits per heavy atom. The number of benzene rings is 1. The van der Waals surface area contributed by atoms with Crippen molar-refractivity contribution in [3.05, 3.63) is 75.4 Å². The van der Waals surface area contributed by atoms with Crippen molar-refractivity contribution in [2.45, 2.75) is 56.8 Å². The van der Waals surface area contributed by atoms with Gasteiger partial charge < -0.3 is 24.5 Å². The van der Waals surface area contributed by atoms with Crippen LogP contribution in [0, 0.1) is 0 Å². The van der Waals surface area contributed by atoms with Crippen molar-refractivity contribution in [2.75, 3.05) is 20.3 Å². The minimum atomic E-state index is -4.59. The molecule has 1 saturated carbocycles. The first kappa shape index (κ1) is 32.0. The molecule has 0 bridgehead atoms. The number of pyridine rings is 2. The van der Waals surface area contributed by atoms with Gasteiger partial charge in [-0.15, -0.1) is 0 Å². The molecular weight excluding hydrogens is 591 g/mol. The molecule has 43 heavy (non-hydrogen) atoms. The predicted octanol–water partition coefficient (Wildman–Crippen LogP) is 5.31. The van der Waals surface area contributed by atoms with E-state index in [9.17, 15) is 27.6 Å². The lowest BCUT2D eigenvalue weighted by Gasteiger charge is -2.38. The molecular formula is C30H31ClF3N3O6. The third-order valence-electron chi connectivity index (χ3n) is 7.30. The van der Waals surface area contributed by atoms with Crippen molar-refractivity contribution < 1.29 is 37.0 Å². The lowest BCUT2D eigenvalue weighted by Crippen LogP contribution is -2.38. The highest BCUT2D eigenvalue weighted by molar-refractivity contribution is 6.31. The second-order valence-electron chi connectivity index (χ2n) is 10.6. The number of aromatic nitrogens is 2. The van der Waals surface area contributed by atoms with Crippen molar-refractivity contribution in [3.63, 3.8) is 0 Å². The zero-order valence-electron chi connectivity index (χ0n) is 23.6. The van der Waals surface area contributed by atoms with Crippen LogP contribution in [-0.4, -0.2) is 53.3 Å². The quantitative estimate of drug-likeness (QED) is 0.274. The van der Waals surface area contributed by atoms with Crippen LogP contribution in [0.5, 0.6) is 11.5 Å². The van der Waals surface area contributed by atoms with Crippen molar-refractivity contribution in [2.24, 2.45) is 5.73 Å². The smallest absolute Gasteiger partial charge is 0.422 e. The zero-order valence-corrected chi connectivity index (χ0v) is 24.3. The molecule has 1 unspecified atom stereocenters. The van der Waals surface area contributed by atoms with E-state index < -0.39 is 30.3 Å². The van der Waals surface area contributed by atoms with E-state index in [4.69, 9.17) is 31.5 Å². The molecule has 3 aromatic rings. The van der Waals surface area contributed by atoms with E-state index in [-0.39, 0.29) is 64.2 Å². The van der Waals surface area contributed by atoms with Crippen molar-refractivity contribution in [3.8, 4) is 22.6 Å². The molecule has 1 amide bonds. The van der Waals surface area contributed by atoms with Crippen LogP contribution in [0.4, 0.5) is 13.2 Å². The number of hydrogen-bond donors (Lipinski definition) is 1. The van der Waals surface area contributed by atoms with Gasteiger partial charge in [-0.2, -0.15) is 13.2 Å². The molecule has 230 valence electrons. The van der Waals surface area contributed by atoms with Gasteiger partial charge in [-0.25, -0.2) is 0 Å². The maximum Gasteiger partial charge on any atom is 0.422 e. The Morgan fingerprint density at radius 3 is 2.44 bits per heavy atom. The molecule has 0 aliphatic heterocycles. The molecule has 2 aromatic heterocycles. The van der Waals surface area contributed by atoms with Crippen molar-refractivity contribution >= 4 is 23.3 Å². The summed E-state index contributed by atoms with van der Waals surface area (Å²) in [6, 6.07) is 7.17. The van der Waals surface area contributed by atoms with Gasteiger partial charge in [0.1, 0.15) is 17.2 Å². The van der Waals surface area contributed by atoms with Gasteiger partial charge in [0.25, 0.3) is 11.5 Å². The van der Waals surface area contributed by atoms with E-state index >= 15 is 0 Å². The van der Waals surface area contributed by atoms with Gasteiger partial charge >= 0.3 is 6.18 Å². The van der Waals surface area contributed by atoms with Crippen LogP contribution < -0.4 is 20.8 Å². The van der Waals surface area contributed by atoms with Gasteiger partial charge in [0.05, 0.1) is 24.9 Å². The Kier molecular flexibility index (Phi) is 9.81. The average Bonchev–Trinajstić information content (AvgIpc) is 2.93. The van der Waals surface area contributed by atoms with Crippen LogP contribution in [0.2, 0.25) is 5.02 Å². The molecule has 1 aromatic carbocycles. The Bertz CT molecular complexity index is 1540. The number of halogens is 4. The molecule has 0 radical (unpaired) electrons. The number of ketones is 1. The minimum absolute atomic E-state index is 0.0473. The number of ether oxygens (including phenoxy) is 3. The number of rotatable bonds is 13. The number of hydrogen-bond acceptors (Lipinski definition) is 7. The van der Waals surface area contributed by atoms with Crippen molar-refractivity contribution in [1.29, 1.82) is 0 Å². The molecule has 1 fully saturated rings. The molecule has 2 N–H and O–H groups in total. The van der Waals surface area contributed by atoms with E-state index in [1.54, 1.807) is 6.07 Å². The molecule has 0 saturated heterocycles. The first-order valence-corrected chi connectivity index (χ1v) is 13.9. The molecule has 4 rings (SSSR count). The van der Waals surface area contributed by atoms with Crippen LogP contribution >= 0.6 is 11.6 Å². The summed E-state index contributed by atoms with van der Waals surface area (Å²) in [6.45, 7) is 0.643. The molecule has 0 spiro atoms. The van der Waals surface area contributed by atoms with E-state index in [2.05, 4.69) is 4.98 Å². The first-order valence-electron chi connectivity index (χ1n) is 13.5. The molecule has 1 aliphatic carbocycles. The number of primary amides is 1. The Balaban J connectivity index is 1.69. The number of methoxy groups -OCH3 is 1. The highest BCUT2D eigenvalue weighted by Gasteiger charge is 2.34. The van der Waals surface area contributed by atoms with Gasteiger partial charge in [0, 0.05) is 41.4 Å². The molecule has 13 heteroatoms. The summed E-state index contributed by atoms with van der Waals surface area (Å²) >= 11 is 6.14. The lowest BCUT2D eigenvalue weighted by molar-refractivity contribution is -0.153. The van der Waals surface area contributed by atoms with E-state index in [1.165, 1.54) is 54.4 Å². The van der Waals surface area contributed by atoms with Crippen LogP contribution in [0.25, 0.3) is 11.1 Å². The van der Waals surface area contributed by atoms with Crippen molar-refractivity contribution in [1.82, 2.24) is 9.55 Å². The predicted molar refractivity (Wildman–Crippen MR) is 153 cm³/mol. The third kappa shape index (κ3) is 8.14. The van der Waals surface area contributed by atoms with Gasteiger partial charge in [-0.1, -0.05) is 17.7 Å². The second-order valence-corrected chi connectivity index (χ2v) is 11.0. The van der Waals surface area contributed by atoms with Gasteiger partial charge in [-0.05, 0) is 62.4 Å². The molecule has 9 nitrogen and oxygen atoms in total. The van der Waals surface area contributed by atoms with Gasteiger partial charge in [0.2, 0.25) is 0 Å². The number of carbonyl (C=O) groups excluding carboxylic acids is 2. The summed E-state index contributed by atoms with van der Waals surface area (Å²) in [6.07, 6.45) is 1.02. The average molecular weight is 622 g/mol. The topological polar surface area (TPSA) is 123 Å². The van der Waals surface area contributed by atoms with E-state index in [1.807, 2.05) is 6.92 Å². The molecule has 1 aliphatic rings. The largest absolute Gasteiger partial charge is 0.495 e. The third-order valence-corrected chi connectivity index (χ3v) is 7.54. The summed E-state index contributed by atoms with van der Waals surface area (Å²) in [5.41, 5.74) is 5.17. The van der Waals surface area contributed by atoms with Crippen LogP contribution in [-0.2, 0) is 16.0 Å². The highest BCUT2D eigenvalue weighted by Crippen LogP contribution is 2.39. The summed E-state index contributed by atoms with van der Waals surface area (Å²) in [5, 5.41) is 0.200. The monoisotopic (exact) mass is 621 g/mol. The normalized spacial score (nSPS) is 14.9. The number of carbonyl (C=O) groups is 2. The number of nitrogens with two attached hydrogens (primary N) is 1. The fraction of sp³-hybridized carbons (Fsp3) is 0.400. The minimum Gasteiger partial charge on any atom is -0.495 e. The van der Waals surface area contributed by atoms with E-state index in [0.717, 1.165) is 19.3 Å². The van der Waals surface area contributed by atoms with Crippen LogP contribution in [0.1, 0.15) is 54.7 Å². The maximum atomic E-state index is 13.6. The maximum absolute atomic E-state index is 13.6. The molecule has 2 heterocycles. The summed E-state index contributed by atoms with van der Waals surface area (Å²) in [7, 11) is 1.33. The number of Topliss-reactive ketones (excluding diaryl/α,β-unsaturated/α-hetero) is 1. The molecule has 1 atom stereocenters. The van der Waals surface area contributed by atoms with Gasteiger partial charge in [-0.3, -0.25) is 19.4 Å². The fourth-order valence-corrected chi connectivity index (χ4v) is 5.00. The number of amides is 1. The summed E-state index contributed by atoms with van der Waals surface area (Å²) in [5.74, 6) is -1.08. The number of nitrogens with zero attached hydrogens (tertiary/aromatic N) is 2. The Labute approximate surface area is 250 Å². The van der Waals surface area contributed by atoms with Crippen LogP contribution in [0.3, 0.4) is 0 Å². The zero-order chi connectivity index (χ0) is 31.4. The fourth-order valence-electron chi connectivity index (χ4n) is 4.83. The SMILES string of the molecule is COc1cn(C(CCOC2(C)CCC2)C(=O)Cc2ccc(C(N)=O)nc2)c(=O)cc1-c1cc(Cl)ccc1OCC(F)(F)F. The number of alkyl halides is 3. The van der Waals surface area contributed by atoms with Gasteiger partial charge in [0.15, 0.2) is 12.4 Å². The van der Waals surface area contributed by atoms with E-state index in [0.29, 0.717) is 5.56 Å². The highest BCUT2D eigenvalue weighted by atomic mass is 35.5.